The molecule has 2 heterocycles. The minimum Gasteiger partial charge on any atom is -0.492 e. The maximum absolute atomic E-state index is 12.6. The number of rotatable bonds is 9. The monoisotopic (exact) mass is 430 g/mol. The lowest BCUT2D eigenvalue weighted by Gasteiger charge is -2.30. The average molecular weight is 431 g/mol. The Hall–Kier alpha value is -1.96. The number of piperidine rings is 1. The van der Waals surface area contributed by atoms with Crippen LogP contribution in [0.3, 0.4) is 0 Å². The fourth-order valence-electron chi connectivity index (χ4n) is 3.79. The number of likely N-dealkylation sites (N-methyl/N-ethyl adjacent to an activating group) is 1. The van der Waals surface area contributed by atoms with Gasteiger partial charge in [-0.05, 0) is 64.6 Å². The molecule has 1 saturated heterocycles. The summed E-state index contributed by atoms with van der Waals surface area (Å²) in [4.78, 5) is 23.5. The molecule has 0 saturated carbocycles. The van der Waals surface area contributed by atoms with Gasteiger partial charge in [0.05, 0.1) is 17.2 Å². The van der Waals surface area contributed by atoms with Gasteiger partial charge in [-0.15, -0.1) is 11.3 Å². The van der Waals surface area contributed by atoms with Crippen molar-refractivity contribution in [1.29, 1.82) is 0 Å². The molecule has 1 aromatic heterocycles. The minimum absolute atomic E-state index is 0.163. The molecule has 0 aliphatic carbocycles. The molecule has 0 N–H and O–H groups in total. The first-order chi connectivity index (χ1) is 14.4. The molecular formula is C23H34N4O2S. The molecule has 0 spiro atoms. The molecule has 30 heavy (non-hydrogen) atoms. The Balaban J connectivity index is 1.38. The molecule has 1 aliphatic heterocycles. The highest BCUT2D eigenvalue weighted by atomic mass is 32.1. The van der Waals surface area contributed by atoms with Gasteiger partial charge < -0.3 is 14.5 Å². The average Bonchev–Trinajstić information content (AvgIpc) is 3.13. The molecule has 1 aromatic carbocycles. The van der Waals surface area contributed by atoms with Gasteiger partial charge in [0, 0.05) is 31.4 Å². The molecule has 1 aliphatic rings. The van der Waals surface area contributed by atoms with E-state index < -0.39 is 0 Å². The Bertz CT molecular complexity index is 800. The van der Waals surface area contributed by atoms with Crippen molar-refractivity contribution >= 4 is 17.2 Å². The molecule has 0 atom stereocenters. The summed E-state index contributed by atoms with van der Waals surface area (Å²) in [5.41, 5.74) is 2.37. The zero-order valence-electron chi connectivity index (χ0n) is 18.6. The van der Waals surface area contributed by atoms with Crippen molar-refractivity contribution in [3.8, 4) is 5.75 Å². The number of ether oxygens (including phenoxy) is 1. The van der Waals surface area contributed by atoms with Crippen molar-refractivity contribution in [1.82, 2.24) is 19.7 Å². The Labute approximate surface area is 184 Å². The van der Waals surface area contributed by atoms with Gasteiger partial charge in [0.15, 0.2) is 0 Å². The van der Waals surface area contributed by atoms with Crippen molar-refractivity contribution in [3.63, 3.8) is 0 Å². The lowest BCUT2D eigenvalue weighted by atomic mass is 9.96. The first kappa shape index (κ1) is 22.7. The Morgan fingerprint density at radius 2 is 1.90 bits per heavy atom. The Morgan fingerprint density at radius 1 is 1.20 bits per heavy atom. The van der Waals surface area contributed by atoms with Crippen molar-refractivity contribution in [2.45, 2.75) is 32.9 Å². The molecule has 1 amide bonds. The topological polar surface area (TPSA) is 48.9 Å². The summed E-state index contributed by atoms with van der Waals surface area (Å²) in [6, 6.07) is 8.22. The van der Waals surface area contributed by atoms with Crippen LogP contribution >= 0.6 is 11.3 Å². The second-order valence-corrected chi connectivity index (χ2v) is 9.42. The number of aromatic nitrogens is 1. The Morgan fingerprint density at radius 3 is 2.53 bits per heavy atom. The zero-order valence-corrected chi connectivity index (χ0v) is 19.5. The molecule has 0 radical (unpaired) electrons. The highest BCUT2D eigenvalue weighted by Gasteiger charge is 2.25. The molecular weight excluding hydrogens is 396 g/mol. The van der Waals surface area contributed by atoms with Gasteiger partial charge in [-0.2, -0.15) is 0 Å². The summed E-state index contributed by atoms with van der Waals surface area (Å²) in [6.45, 7) is 6.89. The lowest BCUT2D eigenvalue weighted by Crippen LogP contribution is -2.41. The van der Waals surface area contributed by atoms with Crippen LogP contribution in [0.5, 0.6) is 5.75 Å². The van der Waals surface area contributed by atoms with Gasteiger partial charge in [-0.1, -0.05) is 12.1 Å². The molecule has 2 aromatic rings. The van der Waals surface area contributed by atoms with E-state index >= 15 is 0 Å². The predicted molar refractivity (Wildman–Crippen MR) is 122 cm³/mol. The number of hydrogen-bond acceptors (Lipinski definition) is 6. The van der Waals surface area contributed by atoms with E-state index in [4.69, 9.17) is 4.74 Å². The summed E-state index contributed by atoms with van der Waals surface area (Å²) in [5.74, 6) is 1.26. The highest BCUT2D eigenvalue weighted by molar-refractivity contribution is 7.09. The number of carbonyl (C=O) groups excluding carboxylic acids is 1. The number of hydrogen-bond donors (Lipinski definition) is 0. The van der Waals surface area contributed by atoms with Gasteiger partial charge in [0.25, 0.3) is 0 Å². The van der Waals surface area contributed by atoms with Gasteiger partial charge in [0.2, 0.25) is 5.91 Å². The van der Waals surface area contributed by atoms with Crippen LogP contribution in [0.25, 0.3) is 0 Å². The summed E-state index contributed by atoms with van der Waals surface area (Å²) < 4.78 is 5.87. The first-order valence-corrected chi connectivity index (χ1v) is 11.5. The number of likely N-dealkylation sites (tertiary alicyclic amines) is 1. The molecule has 1 fully saturated rings. The van der Waals surface area contributed by atoms with Gasteiger partial charge in [-0.25, -0.2) is 4.98 Å². The van der Waals surface area contributed by atoms with E-state index in [0.717, 1.165) is 55.5 Å². The van der Waals surface area contributed by atoms with Crippen LogP contribution in [0, 0.1) is 12.8 Å². The minimum atomic E-state index is 0.163. The number of amides is 1. The second-order valence-electron chi connectivity index (χ2n) is 8.36. The third-order valence-electron chi connectivity index (χ3n) is 5.61. The third-order valence-corrected chi connectivity index (χ3v) is 6.44. The summed E-state index contributed by atoms with van der Waals surface area (Å²) in [6.07, 6.45) is 1.91. The smallest absolute Gasteiger partial charge is 0.225 e. The largest absolute Gasteiger partial charge is 0.492 e. The van der Waals surface area contributed by atoms with Crippen molar-refractivity contribution in [2.24, 2.45) is 5.92 Å². The van der Waals surface area contributed by atoms with Crippen LogP contribution in [-0.4, -0.2) is 73.0 Å². The SMILES string of the molecule is Cc1nc(CN(C)Cc2ccc(OCCN(C)C(=O)C3CCN(C)CC3)cc2)cs1. The van der Waals surface area contributed by atoms with E-state index in [0.29, 0.717) is 13.2 Å². The molecule has 0 unspecified atom stereocenters. The van der Waals surface area contributed by atoms with Crippen LogP contribution in [0.2, 0.25) is 0 Å². The van der Waals surface area contributed by atoms with E-state index in [1.807, 2.05) is 31.0 Å². The number of aryl methyl sites for hydroxylation is 1. The first-order valence-electron chi connectivity index (χ1n) is 10.7. The fraction of sp³-hybridized carbons (Fsp3) is 0.565. The van der Waals surface area contributed by atoms with E-state index in [-0.39, 0.29) is 11.8 Å². The number of thiazole rings is 1. The second kappa shape index (κ2) is 10.9. The van der Waals surface area contributed by atoms with Gasteiger partial charge >= 0.3 is 0 Å². The molecule has 6 nitrogen and oxygen atoms in total. The maximum Gasteiger partial charge on any atom is 0.225 e. The van der Waals surface area contributed by atoms with E-state index in [2.05, 4.69) is 46.4 Å². The quantitative estimate of drug-likeness (QED) is 0.611. The van der Waals surface area contributed by atoms with Crippen LogP contribution in [-0.2, 0) is 17.9 Å². The van der Waals surface area contributed by atoms with Crippen LogP contribution in [0.1, 0.15) is 29.1 Å². The zero-order chi connectivity index (χ0) is 21.5. The van der Waals surface area contributed by atoms with Gasteiger partial charge in [-0.3, -0.25) is 9.69 Å². The van der Waals surface area contributed by atoms with E-state index in [1.54, 1.807) is 11.3 Å². The maximum atomic E-state index is 12.6. The van der Waals surface area contributed by atoms with Crippen molar-refractivity contribution < 1.29 is 9.53 Å². The normalized spacial score (nSPS) is 15.5. The molecule has 0 bridgehead atoms. The summed E-state index contributed by atoms with van der Waals surface area (Å²) in [5, 5.41) is 3.23. The van der Waals surface area contributed by atoms with Crippen molar-refractivity contribution in [2.75, 3.05) is 47.4 Å². The predicted octanol–water partition coefficient (Wildman–Crippen LogP) is 3.26. The number of benzene rings is 1. The van der Waals surface area contributed by atoms with Crippen molar-refractivity contribution in [3.05, 3.63) is 45.9 Å². The lowest BCUT2D eigenvalue weighted by molar-refractivity contribution is -0.135. The molecule has 7 heteroatoms. The van der Waals surface area contributed by atoms with Crippen LogP contribution in [0.4, 0.5) is 0 Å². The molecule has 3 rings (SSSR count). The van der Waals surface area contributed by atoms with E-state index in [9.17, 15) is 4.79 Å². The fourth-order valence-corrected chi connectivity index (χ4v) is 4.40. The highest BCUT2D eigenvalue weighted by Crippen LogP contribution is 2.19. The standard InChI is InChI=1S/C23H34N4O2S/c1-18-24-21(17-30-18)16-26(3)15-19-5-7-22(8-6-19)29-14-13-27(4)23(28)20-9-11-25(2)12-10-20/h5-8,17,20H,9-16H2,1-4H3. The number of nitrogens with zero attached hydrogens (tertiary/aromatic N) is 4. The van der Waals surface area contributed by atoms with E-state index in [1.165, 1.54) is 5.56 Å². The third kappa shape index (κ3) is 6.79. The summed E-state index contributed by atoms with van der Waals surface area (Å²) >= 11 is 1.69. The van der Waals surface area contributed by atoms with Crippen LogP contribution < -0.4 is 4.74 Å². The number of carbonyl (C=O) groups is 1. The Kier molecular flexibility index (Phi) is 8.24. The summed E-state index contributed by atoms with van der Waals surface area (Å²) in [7, 11) is 6.10. The molecule has 164 valence electrons. The van der Waals surface area contributed by atoms with Gasteiger partial charge in [0.1, 0.15) is 12.4 Å². The van der Waals surface area contributed by atoms with Crippen LogP contribution in [0.15, 0.2) is 29.6 Å².